The zero-order chi connectivity index (χ0) is 12.4. The molecule has 1 saturated heterocycles. The number of alkyl halides is 1. The van der Waals surface area contributed by atoms with Crippen LogP contribution in [0.25, 0.3) is 0 Å². The van der Waals surface area contributed by atoms with Gasteiger partial charge in [0.25, 0.3) is 0 Å². The quantitative estimate of drug-likeness (QED) is 0.766. The van der Waals surface area contributed by atoms with Crippen molar-refractivity contribution < 1.29 is 4.39 Å². The zero-order valence-corrected chi connectivity index (χ0v) is 11.0. The number of aromatic nitrogens is 1. The lowest BCUT2D eigenvalue weighted by Gasteiger charge is -2.29. The predicted octanol–water partition coefficient (Wildman–Crippen LogP) is 3.73. The Bertz CT molecular complexity index is 397. The van der Waals surface area contributed by atoms with E-state index in [0.29, 0.717) is 23.5 Å². The lowest BCUT2D eigenvalue weighted by molar-refractivity contribution is 0.566. The molecule has 1 aromatic rings. The highest BCUT2D eigenvalue weighted by atomic mass is 35.5. The van der Waals surface area contributed by atoms with Gasteiger partial charge in [0.1, 0.15) is 0 Å². The summed E-state index contributed by atoms with van der Waals surface area (Å²) in [5.74, 6) is 0.412. The van der Waals surface area contributed by atoms with Gasteiger partial charge in [-0.25, -0.2) is 9.37 Å². The summed E-state index contributed by atoms with van der Waals surface area (Å²) in [5, 5.41) is 0. The molecule has 0 radical (unpaired) electrons. The number of hydrogen-bond donors (Lipinski definition) is 0. The van der Waals surface area contributed by atoms with Crippen LogP contribution in [0.3, 0.4) is 0 Å². The van der Waals surface area contributed by atoms with E-state index in [1.807, 2.05) is 0 Å². The first-order chi connectivity index (χ1) is 8.19. The molecule has 0 aliphatic carbocycles. The van der Waals surface area contributed by atoms with Gasteiger partial charge < -0.3 is 4.90 Å². The second kappa shape index (κ2) is 5.21. The van der Waals surface area contributed by atoms with Crippen molar-refractivity contribution in [3.05, 3.63) is 23.6 Å². The average Bonchev–Trinajstić information content (AvgIpc) is 2.71. The standard InChI is InChI=1S/C13H18ClFN2/c1-3-11-5-4-9(2)17(11)13-12(15)10(8-14)6-7-16-13/h6-7,9,11H,3-5,8H2,1-2H3. The molecule has 4 heteroatoms. The van der Waals surface area contributed by atoms with Crippen molar-refractivity contribution in [2.24, 2.45) is 0 Å². The first-order valence-electron chi connectivity index (χ1n) is 6.16. The Morgan fingerprint density at radius 3 is 2.94 bits per heavy atom. The van der Waals surface area contributed by atoms with Gasteiger partial charge in [-0.1, -0.05) is 6.92 Å². The molecule has 2 nitrogen and oxygen atoms in total. The van der Waals surface area contributed by atoms with Gasteiger partial charge in [-0.15, -0.1) is 11.6 Å². The summed E-state index contributed by atoms with van der Waals surface area (Å²) >= 11 is 5.73. The first kappa shape index (κ1) is 12.6. The molecule has 0 amide bonds. The molecule has 0 aromatic carbocycles. The highest BCUT2D eigenvalue weighted by molar-refractivity contribution is 6.17. The molecule has 2 atom stereocenters. The van der Waals surface area contributed by atoms with Crippen LogP contribution in [0.15, 0.2) is 12.3 Å². The molecule has 0 spiro atoms. The van der Waals surface area contributed by atoms with Crippen LogP contribution in [0.5, 0.6) is 0 Å². The molecule has 2 heterocycles. The van der Waals surface area contributed by atoms with Crippen LogP contribution in [-0.4, -0.2) is 17.1 Å². The molecule has 1 aromatic heterocycles. The Labute approximate surface area is 107 Å². The van der Waals surface area contributed by atoms with Gasteiger partial charge in [0.2, 0.25) is 0 Å². The molecule has 2 unspecified atom stereocenters. The summed E-state index contributed by atoms with van der Waals surface area (Å²) in [4.78, 5) is 6.33. The Morgan fingerprint density at radius 2 is 2.29 bits per heavy atom. The number of anilines is 1. The second-order valence-corrected chi connectivity index (χ2v) is 4.90. The number of hydrogen-bond acceptors (Lipinski definition) is 2. The minimum absolute atomic E-state index is 0.195. The van der Waals surface area contributed by atoms with E-state index in [2.05, 4.69) is 23.7 Å². The fourth-order valence-electron chi connectivity index (χ4n) is 2.61. The number of pyridine rings is 1. The van der Waals surface area contributed by atoms with Gasteiger partial charge in [-0.05, 0) is 32.3 Å². The molecule has 94 valence electrons. The number of nitrogens with zero attached hydrogens (tertiary/aromatic N) is 2. The lowest BCUT2D eigenvalue weighted by Crippen LogP contribution is -2.35. The van der Waals surface area contributed by atoms with Crippen LogP contribution >= 0.6 is 11.6 Å². The lowest BCUT2D eigenvalue weighted by atomic mass is 10.1. The van der Waals surface area contributed by atoms with E-state index in [1.54, 1.807) is 12.3 Å². The Hall–Kier alpha value is -0.830. The third-order valence-electron chi connectivity index (χ3n) is 3.60. The summed E-state index contributed by atoms with van der Waals surface area (Å²) in [6.45, 7) is 4.27. The zero-order valence-electron chi connectivity index (χ0n) is 10.3. The minimum Gasteiger partial charge on any atom is -0.349 e. The summed E-state index contributed by atoms with van der Waals surface area (Å²) in [5.41, 5.74) is 0.533. The van der Waals surface area contributed by atoms with Crippen LogP contribution in [0.4, 0.5) is 10.2 Å². The van der Waals surface area contributed by atoms with Crippen molar-refractivity contribution in [2.45, 2.75) is 51.1 Å². The Kier molecular flexibility index (Phi) is 3.87. The van der Waals surface area contributed by atoms with E-state index >= 15 is 0 Å². The number of halogens is 2. The van der Waals surface area contributed by atoms with Crippen LogP contribution < -0.4 is 4.90 Å². The molecule has 0 bridgehead atoms. The maximum absolute atomic E-state index is 14.2. The van der Waals surface area contributed by atoms with E-state index in [9.17, 15) is 4.39 Å². The molecular weight excluding hydrogens is 239 g/mol. The highest BCUT2D eigenvalue weighted by Gasteiger charge is 2.32. The van der Waals surface area contributed by atoms with Crippen LogP contribution in [0, 0.1) is 5.82 Å². The maximum Gasteiger partial charge on any atom is 0.170 e. The van der Waals surface area contributed by atoms with Gasteiger partial charge in [-0.3, -0.25) is 0 Å². The minimum atomic E-state index is -0.255. The van der Waals surface area contributed by atoms with Gasteiger partial charge >= 0.3 is 0 Å². The Morgan fingerprint density at radius 1 is 1.53 bits per heavy atom. The van der Waals surface area contributed by atoms with E-state index in [0.717, 1.165) is 19.3 Å². The molecule has 2 rings (SSSR count). The van der Waals surface area contributed by atoms with Gasteiger partial charge in [-0.2, -0.15) is 0 Å². The van der Waals surface area contributed by atoms with Crippen molar-refractivity contribution in [1.82, 2.24) is 4.98 Å². The van der Waals surface area contributed by atoms with Crippen LogP contribution in [0.1, 0.15) is 38.7 Å². The molecule has 1 aliphatic rings. The van der Waals surface area contributed by atoms with Crippen molar-refractivity contribution in [1.29, 1.82) is 0 Å². The molecule has 0 N–H and O–H groups in total. The summed E-state index contributed by atoms with van der Waals surface area (Å²) in [7, 11) is 0. The molecule has 1 fully saturated rings. The number of rotatable bonds is 3. The van der Waals surface area contributed by atoms with E-state index in [4.69, 9.17) is 11.6 Å². The van der Waals surface area contributed by atoms with Crippen LogP contribution in [-0.2, 0) is 5.88 Å². The predicted molar refractivity (Wildman–Crippen MR) is 69.0 cm³/mol. The van der Waals surface area contributed by atoms with Gasteiger partial charge in [0.15, 0.2) is 11.6 Å². The topological polar surface area (TPSA) is 16.1 Å². The molecule has 0 saturated carbocycles. The smallest absolute Gasteiger partial charge is 0.170 e. The van der Waals surface area contributed by atoms with Crippen molar-refractivity contribution in [3.8, 4) is 0 Å². The first-order valence-corrected chi connectivity index (χ1v) is 6.70. The van der Waals surface area contributed by atoms with Crippen molar-refractivity contribution >= 4 is 17.4 Å². The molecule has 17 heavy (non-hydrogen) atoms. The average molecular weight is 257 g/mol. The maximum atomic E-state index is 14.2. The highest BCUT2D eigenvalue weighted by Crippen LogP contribution is 2.33. The largest absolute Gasteiger partial charge is 0.349 e. The monoisotopic (exact) mass is 256 g/mol. The molecule has 1 aliphatic heterocycles. The second-order valence-electron chi connectivity index (χ2n) is 4.64. The van der Waals surface area contributed by atoms with E-state index in [1.165, 1.54) is 0 Å². The Balaban J connectivity index is 2.38. The molecular formula is C13H18ClFN2. The van der Waals surface area contributed by atoms with Crippen molar-refractivity contribution in [3.63, 3.8) is 0 Å². The summed E-state index contributed by atoms with van der Waals surface area (Å²) < 4.78 is 14.2. The summed E-state index contributed by atoms with van der Waals surface area (Å²) in [6, 6.07) is 2.40. The van der Waals surface area contributed by atoms with E-state index < -0.39 is 0 Å². The fraction of sp³-hybridized carbons (Fsp3) is 0.615. The SMILES string of the molecule is CCC1CCC(C)N1c1nccc(CCl)c1F. The van der Waals surface area contributed by atoms with Gasteiger partial charge in [0.05, 0.1) is 5.88 Å². The normalized spacial score (nSPS) is 24.4. The third-order valence-corrected chi connectivity index (χ3v) is 3.88. The van der Waals surface area contributed by atoms with Crippen LogP contribution in [0.2, 0.25) is 0 Å². The summed E-state index contributed by atoms with van der Waals surface area (Å²) in [6.07, 6.45) is 4.89. The fourth-order valence-corrected chi connectivity index (χ4v) is 2.82. The van der Waals surface area contributed by atoms with E-state index in [-0.39, 0.29) is 11.7 Å². The van der Waals surface area contributed by atoms with Gasteiger partial charge in [0, 0.05) is 23.8 Å². The van der Waals surface area contributed by atoms with Crippen molar-refractivity contribution in [2.75, 3.05) is 4.90 Å². The third kappa shape index (κ3) is 2.25.